The van der Waals surface area contributed by atoms with Gasteiger partial charge < -0.3 is 10.4 Å². The standard InChI is InChI=1S/C30H53NO2/c1-8-9-10-11-12-13-14-15-16-17-18-19-20-21-27(32)31-24-22-25(29(2,3)4)28(33)26(23-24)30(5,6)7/h22-23,33H,8-21H2,1-7H3,(H,31,32). The van der Waals surface area contributed by atoms with Gasteiger partial charge in [0.25, 0.3) is 0 Å². The average molecular weight is 460 g/mol. The second-order valence-electron chi connectivity index (χ2n) is 12.0. The summed E-state index contributed by atoms with van der Waals surface area (Å²) in [6.45, 7) is 14.8. The summed E-state index contributed by atoms with van der Waals surface area (Å²) in [6, 6.07) is 3.87. The van der Waals surface area contributed by atoms with Gasteiger partial charge in [0.15, 0.2) is 0 Å². The third-order valence-corrected chi connectivity index (χ3v) is 6.52. The average Bonchev–Trinajstić information content (AvgIpc) is 2.71. The predicted molar refractivity (Wildman–Crippen MR) is 144 cm³/mol. The quantitative estimate of drug-likeness (QED) is 0.203. The van der Waals surface area contributed by atoms with Crippen LogP contribution in [0.5, 0.6) is 5.75 Å². The molecule has 0 aromatic heterocycles. The number of rotatable bonds is 15. The molecule has 1 rings (SSSR count). The number of hydrogen-bond donors (Lipinski definition) is 2. The van der Waals surface area contributed by atoms with E-state index in [1.807, 2.05) is 12.1 Å². The number of hydrogen-bond acceptors (Lipinski definition) is 2. The van der Waals surface area contributed by atoms with Crippen molar-refractivity contribution in [2.75, 3.05) is 5.32 Å². The summed E-state index contributed by atoms with van der Waals surface area (Å²) in [5.74, 6) is 0.424. The van der Waals surface area contributed by atoms with Crippen LogP contribution < -0.4 is 5.32 Å². The molecule has 0 spiro atoms. The highest BCUT2D eigenvalue weighted by molar-refractivity contribution is 5.91. The maximum atomic E-state index is 12.5. The van der Waals surface area contributed by atoms with Crippen LogP contribution in [0.4, 0.5) is 5.69 Å². The van der Waals surface area contributed by atoms with Crippen LogP contribution in [0.15, 0.2) is 12.1 Å². The zero-order chi connectivity index (χ0) is 24.9. The molecule has 0 saturated heterocycles. The summed E-state index contributed by atoms with van der Waals surface area (Å²) in [7, 11) is 0. The molecule has 0 atom stereocenters. The summed E-state index contributed by atoms with van der Waals surface area (Å²) in [5, 5.41) is 13.9. The van der Waals surface area contributed by atoms with E-state index in [-0.39, 0.29) is 16.7 Å². The van der Waals surface area contributed by atoms with Crippen LogP contribution in [0.1, 0.15) is 149 Å². The number of nitrogens with one attached hydrogen (secondary N) is 1. The predicted octanol–water partition coefficient (Wildman–Crippen LogP) is 9.41. The van der Waals surface area contributed by atoms with E-state index < -0.39 is 0 Å². The number of phenolic OH excluding ortho intramolecular Hbond substituents is 1. The Hall–Kier alpha value is -1.51. The summed E-state index contributed by atoms with van der Waals surface area (Å²) in [4.78, 5) is 12.5. The van der Waals surface area contributed by atoms with Gasteiger partial charge in [-0.1, -0.05) is 126 Å². The van der Waals surface area contributed by atoms with Gasteiger partial charge in [-0.3, -0.25) is 4.79 Å². The monoisotopic (exact) mass is 459 g/mol. The summed E-state index contributed by atoms with van der Waals surface area (Å²) in [6.07, 6.45) is 17.6. The van der Waals surface area contributed by atoms with Gasteiger partial charge in [0.2, 0.25) is 5.91 Å². The van der Waals surface area contributed by atoms with Gasteiger partial charge >= 0.3 is 0 Å². The van der Waals surface area contributed by atoms with E-state index in [1.54, 1.807) is 0 Å². The molecule has 2 N–H and O–H groups in total. The Morgan fingerprint density at radius 3 is 1.42 bits per heavy atom. The van der Waals surface area contributed by atoms with Crippen LogP contribution in [0.2, 0.25) is 0 Å². The first kappa shape index (κ1) is 29.5. The van der Waals surface area contributed by atoms with E-state index in [0.717, 1.165) is 29.7 Å². The molecule has 1 amide bonds. The third kappa shape index (κ3) is 12.0. The molecule has 0 aliphatic carbocycles. The first-order valence-electron chi connectivity index (χ1n) is 13.6. The minimum atomic E-state index is -0.195. The summed E-state index contributed by atoms with van der Waals surface area (Å²) in [5.41, 5.74) is 2.17. The Morgan fingerprint density at radius 1 is 0.697 bits per heavy atom. The van der Waals surface area contributed by atoms with Gasteiger partial charge in [-0.15, -0.1) is 0 Å². The van der Waals surface area contributed by atoms with Crippen LogP contribution in [0.25, 0.3) is 0 Å². The first-order chi connectivity index (χ1) is 15.5. The fourth-order valence-electron chi connectivity index (χ4n) is 4.38. The lowest BCUT2D eigenvalue weighted by Crippen LogP contribution is -2.19. The minimum absolute atomic E-state index is 0.0727. The molecule has 0 aliphatic rings. The van der Waals surface area contributed by atoms with Gasteiger partial charge in [-0.25, -0.2) is 0 Å². The van der Waals surface area contributed by atoms with Crippen LogP contribution >= 0.6 is 0 Å². The van der Waals surface area contributed by atoms with Gasteiger partial charge in [-0.2, -0.15) is 0 Å². The SMILES string of the molecule is CCCCCCCCCCCCCCCC(=O)Nc1cc(C(C)(C)C)c(O)c(C(C)(C)C)c1. The fraction of sp³-hybridized carbons (Fsp3) is 0.767. The van der Waals surface area contributed by atoms with Crippen LogP contribution in [-0.2, 0) is 15.6 Å². The Kier molecular flexibility index (Phi) is 13.1. The minimum Gasteiger partial charge on any atom is -0.507 e. The summed E-state index contributed by atoms with van der Waals surface area (Å²) >= 11 is 0. The van der Waals surface area contributed by atoms with Crippen LogP contribution in [0.3, 0.4) is 0 Å². The Labute approximate surface area is 205 Å². The topological polar surface area (TPSA) is 49.3 Å². The number of anilines is 1. The molecule has 0 bridgehead atoms. The maximum Gasteiger partial charge on any atom is 0.224 e. The van der Waals surface area contributed by atoms with Crippen LogP contribution in [-0.4, -0.2) is 11.0 Å². The van der Waals surface area contributed by atoms with Crippen molar-refractivity contribution < 1.29 is 9.90 Å². The Bertz CT molecular complexity index is 659. The van der Waals surface area contributed by atoms with Crippen molar-refractivity contribution in [3.63, 3.8) is 0 Å². The molecule has 0 aliphatic heterocycles. The second kappa shape index (κ2) is 14.7. The van der Waals surface area contributed by atoms with Crippen molar-refractivity contribution in [3.05, 3.63) is 23.3 Å². The summed E-state index contributed by atoms with van der Waals surface area (Å²) < 4.78 is 0. The zero-order valence-corrected chi connectivity index (χ0v) is 22.9. The van der Waals surface area contributed by atoms with E-state index >= 15 is 0 Å². The lowest BCUT2D eigenvalue weighted by molar-refractivity contribution is -0.116. The molecule has 0 radical (unpaired) electrons. The Morgan fingerprint density at radius 2 is 1.06 bits per heavy atom. The molecule has 3 heteroatoms. The molecule has 0 heterocycles. The zero-order valence-electron chi connectivity index (χ0n) is 22.9. The molecule has 3 nitrogen and oxygen atoms in total. The number of unbranched alkanes of at least 4 members (excludes halogenated alkanes) is 12. The van der Waals surface area contributed by atoms with Gasteiger partial charge in [-0.05, 0) is 29.4 Å². The first-order valence-corrected chi connectivity index (χ1v) is 13.6. The van der Waals surface area contributed by atoms with Crippen LogP contribution in [0, 0.1) is 0 Å². The van der Waals surface area contributed by atoms with Crippen molar-refractivity contribution in [1.82, 2.24) is 0 Å². The third-order valence-electron chi connectivity index (χ3n) is 6.52. The molecule has 190 valence electrons. The van der Waals surface area contributed by atoms with E-state index in [2.05, 4.69) is 53.8 Å². The molecule has 1 aromatic rings. The molecule has 1 aromatic carbocycles. The molecule has 0 unspecified atom stereocenters. The number of carbonyl (C=O) groups excluding carboxylic acids is 1. The smallest absolute Gasteiger partial charge is 0.224 e. The Balaban J connectivity index is 2.34. The molecule has 0 saturated carbocycles. The van der Waals surface area contributed by atoms with E-state index in [1.165, 1.54) is 70.6 Å². The highest BCUT2D eigenvalue weighted by atomic mass is 16.3. The number of carbonyl (C=O) groups is 1. The number of phenols is 1. The molecule has 33 heavy (non-hydrogen) atoms. The van der Waals surface area contributed by atoms with Crippen molar-refractivity contribution >= 4 is 11.6 Å². The maximum absolute atomic E-state index is 12.5. The molecular formula is C30H53NO2. The van der Waals surface area contributed by atoms with E-state index in [4.69, 9.17) is 0 Å². The second-order valence-corrected chi connectivity index (χ2v) is 12.0. The molecular weight excluding hydrogens is 406 g/mol. The fourth-order valence-corrected chi connectivity index (χ4v) is 4.38. The van der Waals surface area contributed by atoms with Crippen molar-refractivity contribution in [3.8, 4) is 5.75 Å². The normalized spacial score (nSPS) is 12.2. The number of amides is 1. The highest BCUT2D eigenvalue weighted by Crippen LogP contribution is 2.41. The van der Waals surface area contributed by atoms with Crippen molar-refractivity contribution in [1.29, 1.82) is 0 Å². The lowest BCUT2D eigenvalue weighted by atomic mass is 9.79. The van der Waals surface area contributed by atoms with Crippen molar-refractivity contribution in [2.45, 2.75) is 149 Å². The van der Waals surface area contributed by atoms with Gasteiger partial charge in [0, 0.05) is 23.2 Å². The van der Waals surface area contributed by atoms with E-state index in [0.29, 0.717) is 12.2 Å². The molecule has 0 fully saturated rings. The van der Waals surface area contributed by atoms with Gasteiger partial charge in [0.05, 0.1) is 0 Å². The van der Waals surface area contributed by atoms with E-state index in [9.17, 15) is 9.90 Å². The lowest BCUT2D eigenvalue weighted by Gasteiger charge is -2.28. The highest BCUT2D eigenvalue weighted by Gasteiger charge is 2.26. The number of aromatic hydroxyl groups is 1. The van der Waals surface area contributed by atoms with Crippen molar-refractivity contribution in [2.24, 2.45) is 0 Å². The number of benzene rings is 1. The largest absolute Gasteiger partial charge is 0.507 e. The van der Waals surface area contributed by atoms with Gasteiger partial charge in [0.1, 0.15) is 5.75 Å².